The Hall–Kier alpha value is -1.71. The van der Waals surface area contributed by atoms with Gasteiger partial charge in [-0.15, -0.1) is 0 Å². The average Bonchev–Trinajstić information content (AvgIpc) is 2.84. The lowest BCUT2D eigenvalue weighted by molar-refractivity contribution is 0.0504. The standard InChI is InChI=1S/C29H50O4/c1-4-6-7-8-9-10-11-12-13-14-15-16-17-18-19-20-24-32-27-22-21-26(25-28(27)31-3)29(30)33-23-5-2/h21-22,25H,4-20,23-24H2,1-3H3. The van der Waals surface area contributed by atoms with E-state index in [1.165, 1.54) is 96.3 Å². The molecule has 0 saturated carbocycles. The zero-order valence-corrected chi connectivity index (χ0v) is 21.8. The number of carbonyl (C=O) groups is 1. The van der Waals surface area contributed by atoms with Crippen LogP contribution in [0.2, 0.25) is 0 Å². The van der Waals surface area contributed by atoms with Gasteiger partial charge in [0.2, 0.25) is 0 Å². The lowest BCUT2D eigenvalue weighted by Crippen LogP contribution is -2.07. The number of carbonyl (C=O) groups excluding carboxylic acids is 1. The van der Waals surface area contributed by atoms with Crippen LogP contribution in [0.3, 0.4) is 0 Å². The van der Waals surface area contributed by atoms with Gasteiger partial charge in [0, 0.05) is 0 Å². The fraction of sp³-hybridized carbons (Fsp3) is 0.759. The van der Waals surface area contributed by atoms with Crippen LogP contribution in [0.15, 0.2) is 18.2 Å². The summed E-state index contributed by atoms with van der Waals surface area (Å²) in [5.74, 6) is 0.947. The van der Waals surface area contributed by atoms with Crippen molar-refractivity contribution in [2.24, 2.45) is 0 Å². The summed E-state index contributed by atoms with van der Waals surface area (Å²) in [7, 11) is 1.60. The first-order chi connectivity index (χ1) is 16.2. The van der Waals surface area contributed by atoms with Crippen molar-refractivity contribution in [1.29, 1.82) is 0 Å². The molecule has 0 saturated heterocycles. The van der Waals surface area contributed by atoms with E-state index in [0.717, 1.165) is 12.8 Å². The van der Waals surface area contributed by atoms with Gasteiger partial charge in [0.05, 0.1) is 25.9 Å². The fourth-order valence-electron chi connectivity index (χ4n) is 4.02. The van der Waals surface area contributed by atoms with E-state index in [9.17, 15) is 4.79 Å². The molecule has 1 rings (SSSR count). The van der Waals surface area contributed by atoms with Gasteiger partial charge < -0.3 is 14.2 Å². The van der Waals surface area contributed by atoms with Gasteiger partial charge >= 0.3 is 5.97 Å². The van der Waals surface area contributed by atoms with Crippen LogP contribution in [0.25, 0.3) is 0 Å². The van der Waals surface area contributed by atoms with Crippen LogP contribution in [-0.2, 0) is 4.74 Å². The van der Waals surface area contributed by atoms with Gasteiger partial charge in [0.15, 0.2) is 11.5 Å². The number of unbranched alkanes of at least 4 members (excludes halogenated alkanes) is 15. The lowest BCUT2D eigenvalue weighted by atomic mass is 10.0. The van der Waals surface area contributed by atoms with E-state index >= 15 is 0 Å². The number of hydrogen-bond acceptors (Lipinski definition) is 4. The maximum atomic E-state index is 12.0. The van der Waals surface area contributed by atoms with Crippen molar-refractivity contribution < 1.29 is 19.0 Å². The SMILES string of the molecule is CCCCCCCCCCCCCCCCCCOc1ccc(C(=O)OCCC)cc1OC. The van der Waals surface area contributed by atoms with Crippen molar-refractivity contribution in [3.05, 3.63) is 23.8 Å². The highest BCUT2D eigenvalue weighted by atomic mass is 16.5. The van der Waals surface area contributed by atoms with Crippen molar-refractivity contribution in [2.45, 2.75) is 123 Å². The summed E-state index contributed by atoms with van der Waals surface area (Å²) in [5.41, 5.74) is 0.495. The van der Waals surface area contributed by atoms with E-state index in [4.69, 9.17) is 14.2 Å². The van der Waals surface area contributed by atoms with Gasteiger partial charge in [0.1, 0.15) is 0 Å². The Labute approximate surface area is 203 Å². The van der Waals surface area contributed by atoms with Gasteiger partial charge in [-0.05, 0) is 31.0 Å². The first kappa shape index (κ1) is 29.3. The number of benzene rings is 1. The molecule has 0 spiro atoms. The maximum absolute atomic E-state index is 12.0. The molecule has 0 aliphatic carbocycles. The van der Waals surface area contributed by atoms with E-state index in [-0.39, 0.29) is 5.97 Å². The monoisotopic (exact) mass is 462 g/mol. The first-order valence-electron chi connectivity index (χ1n) is 13.7. The number of hydrogen-bond donors (Lipinski definition) is 0. The minimum Gasteiger partial charge on any atom is -0.493 e. The molecule has 0 amide bonds. The molecule has 4 nitrogen and oxygen atoms in total. The van der Waals surface area contributed by atoms with E-state index in [1.54, 1.807) is 25.3 Å². The summed E-state index contributed by atoms with van der Waals surface area (Å²) in [5, 5.41) is 0. The van der Waals surface area contributed by atoms with Crippen molar-refractivity contribution in [2.75, 3.05) is 20.3 Å². The molecule has 0 aliphatic rings. The molecule has 0 fully saturated rings. The van der Waals surface area contributed by atoms with Gasteiger partial charge in [-0.25, -0.2) is 4.79 Å². The molecule has 4 heteroatoms. The highest BCUT2D eigenvalue weighted by molar-refractivity contribution is 5.90. The third kappa shape index (κ3) is 14.9. The smallest absolute Gasteiger partial charge is 0.338 e. The van der Waals surface area contributed by atoms with E-state index < -0.39 is 0 Å². The Balaban J connectivity index is 1.99. The predicted octanol–water partition coefficient (Wildman–Crippen LogP) is 8.90. The number of methoxy groups -OCH3 is 1. The quantitative estimate of drug-likeness (QED) is 0.127. The van der Waals surface area contributed by atoms with Gasteiger partial charge in [-0.2, -0.15) is 0 Å². The molecule has 33 heavy (non-hydrogen) atoms. The lowest BCUT2D eigenvalue weighted by Gasteiger charge is -2.12. The van der Waals surface area contributed by atoms with Gasteiger partial charge in [-0.1, -0.05) is 110 Å². The Bertz CT molecular complexity index is 599. The third-order valence-electron chi connectivity index (χ3n) is 6.09. The van der Waals surface area contributed by atoms with Crippen LogP contribution < -0.4 is 9.47 Å². The predicted molar refractivity (Wildman–Crippen MR) is 139 cm³/mol. The van der Waals surface area contributed by atoms with Crippen molar-refractivity contribution in [3.8, 4) is 11.5 Å². The van der Waals surface area contributed by atoms with Crippen LogP contribution in [0.4, 0.5) is 0 Å². The summed E-state index contributed by atoms with van der Waals surface area (Å²) in [6.07, 6.45) is 22.6. The second kappa shape index (κ2) is 20.9. The van der Waals surface area contributed by atoms with Crippen LogP contribution in [-0.4, -0.2) is 26.3 Å². The van der Waals surface area contributed by atoms with Gasteiger partial charge in [-0.3, -0.25) is 0 Å². The minimum atomic E-state index is -0.320. The van der Waals surface area contributed by atoms with E-state index in [0.29, 0.717) is 30.3 Å². The molecule has 0 N–H and O–H groups in total. The zero-order chi connectivity index (χ0) is 24.0. The molecule has 0 radical (unpaired) electrons. The third-order valence-corrected chi connectivity index (χ3v) is 6.09. The summed E-state index contributed by atoms with van der Waals surface area (Å²) < 4.78 is 16.5. The average molecular weight is 463 g/mol. The number of ether oxygens (including phenoxy) is 3. The molecule has 0 heterocycles. The van der Waals surface area contributed by atoms with Crippen LogP contribution in [0.5, 0.6) is 11.5 Å². The van der Waals surface area contributed by atoms with Crippen molar-refractivity contribution >= 4 is 5.97 Å². The normalized spacial score (nSPS) is 10.9. The van der Waals surface area contributed by atoms with Crippen LogP contribution in [0, 0.1) is 0 Å². The van der Waals surface area contributed by atoms with E-state index in [2.05, 4.69) is 6.92 Å². The number of esters is 1. The van der Waals surface area contributed by atoms with Crippen LogP contribution in [0.1, 0.15) is 133 Å². The molecular weight excluding hydrogens is 412 g/mol. The Morgan fingerprint density at radius 2 is 1.15 bits per heavy atom. The van der Waals surface area contributed by atoms with Crippen molar-refractivity contribution in [1.82, 2.24) is 0 Å². The molecule has 0 aliphatic heterocycles. The first-order valence-corrected chi connectivity index (χ1v) is 13.7. The molecule has 190 valence electrons. The molecule has 0 bridgehead atoms. The Morgan fingerprint density at radius 3 is 1.64 bits per heavy atom. The Kier molecular flexibility index (Phi) is 18.5. The molecule has 1 aromatic rings. The summed E-state index contributed by atoms with van der Waals surface area (Å²) in [6.45, 7) is 5.36. The molecule has 0 atom stereocenters. The highest BCUT2D eigenvalue weighted by Crippen LogP contribution is 2.28. The highest BCUT2D eigenvalue weighted by Gasteiger charge is 2.12. The zero-order valence-electron chi connectivity index (χ0n) is 21.8. The maximum Gasteiger partial charge on any atom is 0.338 e. The van der Waals surface area contributed by atoms with E-state index in [1.807, 2.05) is 6.92 Å². The van der Waals surface area contributed by atoms with Crippen molar-refractivity contribution in [3.63, 3.8) is 0 Å². The largest absolute Gasteiger partial charge is 0.493 e. The topological polar surface area (TPSA) is 44.8 Å². The molecule has 0 aromatic heterocycles. The second-order valence-electron chi connectivity index (χ2n) is 9.15. The fourth-order valence-corrected chi connectivity index (χ4v) is 4.02. The van der Waals surface area contributed by atoms with Crippen LogP contribution >= 0.6 is 0 Å². The van der Waals surface area contributed by atoms with Gasteiger partial charge in [0.25, 0.3) is 0 Å². The molecule has 1 aromatic carbocycles. The Morgan fingerprint density at radius 1 is 0.636 bits per heavy atom. The number of rotatable bonds is 22. The summed E-state index contributed by atoms with van der Waals surface area (Å²) in [6, 6.07) is 5.23. The minimum absolute atomic E-state index is 0.320. The molecule has 0 unspecified atom stereocenters. The summed E-state index contributed by atoms with van der Waals surface area (Å²) in [4.78, 5) is 12.0. The summed E-state index contributed by atoms with van der Waals surface area (Å²) >= 11 is 0. The molecular formula is C29H50O4. The second-order valence-corrected chi connectivity index (χ2v) is 9.15.